The van der Waals surface area contributed by atoms with Crippen molar-refractivity contribution in [2.45, 2.75) is 39.5 Å². The zero-order valence-corrected chi connectivity index (χ0v) is 12.0. The van der Waals surface area contributed by atoms with Crippen LogP contribution in [0.2, 0.25) is 0 Å². The van der Waals surface area contributed by atoms with E-state index in [9.17, 15) is 4.39 Å². The lowest BCUT2D eigenvalue weighted by atomic mass is 10.1. The minimum atomic E-state index is -0.336. The van der Waals surface area contributed by atoms with E-state index < -0.39 is 0 Å². The molecule has 0 amide bonds. The van der Waals surface area contributed by atoms with Crippen molar-refractivity contribution in [3.63, 3.8) is 0 Å². The number of nitrogens with zero attached hydrogens (tertiary/aromatic N) is 2. The van der Waals surface area contributed by atoms with Crippen LogP contribution in [-0.4, -0.2) is 9.78 Å². The van der Waals surface area contributed by atoms with Crippen molar-refractivity contribution in [3.05, 3.63) is 47.5 Å². The highest BCUT2D eigenvalue weighted by molar-refractivity contribution is 5.36. The Hall–Kier alpha value is -1.88. The molecule has 1 heterocycles. The molecule has 0 aliphatic carbocycles. The van der Waals surface area contributed by atoms with E-state index in [1.807, 2.05) is 23.9 Å². The molecule has 0 radical (unpaired) electrons. The quantitative estimate of drug-likeness (QED) is 0.913. The molecule has 2 rings (SSSR count). The van der Waals surface area contributed by atoms with Crippen LogP contribution >= 0.6 is 0 Å². The maximum absolute atomic E-state index is 13.3. The van der Waals surface area contributed by atoms with Gasteiger partial charge in [-0.3, -0.25) is 4.68 Å². The van der Waals surface area contributed by atoms with Crippen LogP contribution in [-0.2, 0) is 6.61 Å². The molecule has 0 aliphatic heterocycles. The van der Waals surface area contributed by atoms with E-state index in [1.165, 1.54) is 12.1 Å². The maximum Gasteiger partial charge on any atom is 0.132 e. The monoisotopic (exact) mass is 277 g/mol. The van der Waals surface area contributed by atoms with Crippen LogP contribution in [0.25, 0.3) is 0 Å². The van der Waals surface area contributed by atoms with Crippen LogP contribution in [0.1, 0.15) is 44.1 Å². The molecule has 2 N–H and O–H groups in total. The molecule has 0 saturated carbocycles. The summed E-state index contributed by atoms with van der Waals surface area (Å²) in [6, 6.07) is 6.39. The van der Waals surface area contributed by atoms with E-state index in [4.69, 9.17) is 10.5 Å². The third-order valence-corrected chi connectivity index (χ3v) is 3.03. The van der Waals surface area contributed by atoms with Crippen LogP contribution < -0.4 is 10.5 Å². The van der Waals surface area contributed by atoms with Crippen molar-refractivity contribution in [3.8, 4) is 5.75 Å². The van der Waals surface area contributed by atoms with Gasteiger partial charge in [0.1, 0.15) is 18.2 Å². The average Bonchev–Trinajstić information content (AvgIpc) is 2.85. The van der Waals surface area contributed by atoms with Crippen LogP contribution in [0.4, 0.5) is 4.39 Å². The molecule has 2 aromatic rings. The Bertz CT molecular complexity index is 578. The third kappa shape index (κ3) is 3.36. The Balaban J connectivity index is 2.11. The van der Waals surface area contributed by atoms with E-state index in [0.717, 1.165) is 11.3 Å². The van der Waals surface area contributed by atoms with Gasteiger partial charge in [-0.2, -0.15) is 5.10 Å². The summed E-state index contributed by atoms with van der Waals surface area (Å²) in [6.45, 7) is 6.24. The first kappa shape index (κ1) is 14.5. The van der Waals surface area contributed by atoms with E-state index in [2.05, 4.69) is 18.9 Å². The van der Waals surface area contributed by atoms with Crippen molar-refractivity contribution < 1.29 is 9.13 Å². The van der Waals surface area contributed by atoms with E-state index in [0.29, 0.717) is 18.4 Å². The van der Waals surface area contributed by atoms with Crippen LogP contribution in [0, 0.1) is 5.82 Å². The molecule has 0 spiro atoms. The summed E-state index contributed by atoms with van der Waals surface area (Å²) in [7, 11) is 0. The van der Waals surface area contributed by atoms with E-state index >= 15 is 0 Å². The Kier molecular flexibility index (Phi) is 4.39. The number of rotatable bonds is 5. The lowest BCUT2D eigenvalue weighted by Gasteiger charge is -2.13. The Morgan fingerprint density at radius 3 is 2.65 bits per heavy atom. The van der Waals surface area contributed by atoms with Gasteiger partial charge in [-0.1, -0.05) is 6.07 Å². The number of halogens is 1. The molecule has 1 aromatic heterocycles. The maximum atomic E-state index is 13.3. The smallest absolute Gasteiger partial charge is 0.132 e. The van der Waals surface area contributed by atoms with Gasteiger partial charge in [0.15, 0.2) is 0 Å². The molecular weight excluding hydrogens is 257 g/mol. The summed E-state index contributed by atoms with van der Waals surface area (Å²) in [6.07, 6.45) is 1.90. The molecule has 0 saturated heterocycles. The summed E-state index contributed by atoms with van der Waals surface area (Å²) < 4.78 is 20.8. The fourth-order valence-corrected chi connectivity index (χ4v) is 1.90. The number of aromatic nitrogens is 2. The number of benzene rings is 1. The predicted molar refractivity (Wildman–Crippen MR) is 75.9 cm³/mol. The highest BCUT2D eigenvalue weighted by Crippen LogP contribution is 2.25. The molecular formula is C15H20FN3O. The van der Waals surface area contributed by atoms with Crippen molar-refractivity contribution in [2.24, 2.45) is 5.73 Å². The Labute approximate surface area is 118 Å². The summed E-state index contributed by atoms with van der Waals surface area (Å²) in [5.74, 6) is 0.135. The highest BCUT2D eigenvalue weighted by atomic mass is 19.1. The minimum absolute atomic E-state index is 0.209. The zero-order valence-electron chi connectivity index (χ0n) is 12.0. The van der Waals surface area contributed by atoms with Gasteiger partial charge >= 0.3 is 0 Å². The van der Waals surface area contributed by atoms with Gasteiger partial charge in [0.2, 0.25) is 0 Å². The number of nitrogens with two attached hydrogens (primary N) is 1. The van der Waals surface area contributed by atoms with Gasteiger partial charge in [0, 0.05) is 29.9 Å². The predicted octanol–water partition coefficient (Wildman–Crippen LogP) is 3.20. The van der Waals surface area contributed by atoms with Crippen LogP contribution in [0.5, 0.6) is 5.75 Å². The Morgan fingerprint density at radius 1 is 1.30 bits per heavy atom. The molecule has 1 atom stereocenters. The van der Waals surface area contributed by atoms with Crippen molar-refractivity contribution in [1.29, 1.82) is 0 Å². The molecule has 0 unspecified atom stereocenters. The topological polar surface area (TPSA) is 53.1 Å². The van der Waals surface area contributed by atoms with Gasteiger partial charge in [-0.05, 0) is 32.9 Å². The summed E-state index contributed by atoms with van der Waals surface area (Å²) in [5, 5.41) is 4.39. The largest absolute Gasteiger partial charge is 0.487 e. The van der Waals surface area contributed by atoms with E-state index in [1.54, 1.807) is 6.07 Å². The first-order valence-electron chi connectivity index (χ1n) is 6.69. The second-order valence-electron chi connectivity index (χ2n) is 5.14. The molecule has 5 heteroatoms. The first-order valence-corrected chi connectivity index (χ1v) is 6.69. The lowest BCUT2D eigenvalue weighted by Crippen LogP contribution is -2.09. The summed E-state index contributed by atoms with van der Waals surface area (Å²) >= 11 is 0. The van der Waals surface area contributed by atoms with Gasteiger partial charge in [-0.25, -0.2) is 4.39 Å². The number of hydrogen-bond donors (Lipinski definition) is 1. The van der Waals surface area contributed by atoms with Gasteiger partial charge in [0.25, 0.3) is 0 Å². The molecule has 0 fully saturated rings. The average molecular weight is 277 g/mol. The summed E-state index contributed by atoms with van der Waals surface area (Å²) in [4.78, 5) is 0. The fourth-order valence-electron chi connectivity index (χ4n) is 1.90. The van der Waals surface area contributed by atoms with Crippen molar-refractivity contribution in [1.82, 2.24) is 9.78 Å². The van der Waals surface area contributed by atoms with Gasteiger partial charge < -0.3 is 10.5 Å². The van der Waals surface area contributed by atoms with Crippen LogP contribution in [0.15, 0.2) is 30.5 Å². The second kappa shape index (κ2) is 6.05. The number of hydrogen-bond acceptors (Lipinski definition) is 3. The van der Waals surface area contributed by atoms with Crippen molar-refractivity contribution >= 4 is 0 Å². The first-order chi connectivity index (χ1) is 9.47. The molecule has 0 aliphatic rings. The zero-order chi connectivity index (χ0) is 14.7. The number of ether oxygens (including phenoxy) is 1. The molecule has 20 heavy (non-hydrogen) atoms. The molecule has 1 aromatic carbocycles. The lowest BCUT2D eigenvalue weighted by molar-refractivity contribution is 0.292. The van der Waals surface area contributed by atoms with Crippen molar-refractivity contribution in [2.75, 3.05) is 0 Å². The second-order valence-corrected chi connectivity index (χ2v) is 5.14. The SMILES string of the molecule is CC(C)n1ccc(COc2cc(F)ccc2[C@H](C)N)n1. The fraction of sp³-hybridized carbons (Fsp3) is 0.400. The van der Waals surface area contributed by atoms with Crippen LogP contribution in [0.3, 0.4) is 0 Å². The normalized spacial score (nSPS) is 12.7. The highest BCUT2D eigenvalue weighted by Gasteiger charge is 2.10. The van der Waals surface area contributed by atoms with Gasteiger partial charge in [0.05, 0.1) is 5.69 Å². The molecule has 0 bridgehead atoms. The standard InChI is InChI=1S/C15H20FN3O/c1-10(2)19-7-6-13(18-19)9-20-15-8-12(16)4-5-14(15)11(3)17/h4-8,10-11H,9,17H2,1-3H3/t11-/m0/s1. The van der Waals surface area contributed by atoms with E-state index in [-0.39, 0.29) is 11.9 Å². The molecule has 4 nitrogen and oxygen atoms in total. The Morgan fingerprint density at radius 2 is 2.05 bits per heavy atom. The minimum Gasteiger partial charge on any atom is -0.487 e. The third-order valence-electron chi connectivity index (χ3n) is 3.03. The summed E-state index contributed by atoms with van der Waals surface area (Å²) in [5.41, 5.74) is 7.45. The molecule has 108 valence electrons. The van der Waals surface area contributed by atoms with Gasteiger partial charge in [-0.15, -0.1) is 0 Å².